The third-order valence-corrected chi connectivity index (χ3v) is 4.24. The van der Waals surface area contributed by atoms with Crippen molar-refractivity contribution in [3.63, 3.8) is 0 Å². The van der Waals surface area contributed by atoms with E-state index in [0.717, 1.165) is 11.3 Å². The monoisotopic (exact) mass is 307 g/mol. The van der Waals surface area contributed by atoms with Gasteiger partial charge in [0.25, 0.3) is 5.06 Å². The number of thiophene rings is 1. The minimum absolute atomic E-state index is 0.121. The molecule has 2 aromatic rings. The van der Waals surface area contributed by atoms with E-state index in [1.54, 1.807) is 19.1 Å². The first kappa shape index (κ1) is 15.5. The van der Waals surface area contributed by atoms with E-state index in [1.165, 1.54) is 11.6 Å². The molecule has 1 N–H and O–H groups in total. The van der Waals surface area contributed by atoms with E-state index < -0.39 is 11.0 Å². The molecule has 0 fully saturated rings. The van der Waals surface area contributed by atoms with Gasteiger partial charge in [-0.15, -0.1) is 0 Å². The van der Waals surface area contributed by atoms with Gasteiger partial charge in [-0.2, -0.15) is 0 Å². The Morgan fingerprint density at radius 2 is 1.86 bits per heavy atom. The second-order valence-corrected chi connectivity index (χ2v) is 6.13. The molecule has 5 nitrogen and oxygen atoms in total. The number of hydrogen-bond acceptors (Lipinski definition) is 5. The Balaban J connectivity index is 2.27. The van der Waals surface area contributed by atoms with Crippen LogP contribution in [0.25, 0.3) is 0 Å². The fraction of sp³-hybridized carbons (Fsp3) is 0.333. The highest BCUT2D eigenvalue weighted by Crippen LogP contribution is 2.42. The average Bonchev–Trinajstić information content (AvgIpc) is 2.83. The maximum Gasteiger partial charge on any atom is 0.323 e. The maximum atomic E-state index is 11.0. The van der Waals surface area contributed by atoms with Crippen molar-refractivity contribution in [3.8, 4) is 10.8 Å². The lowest BCUT2D eigenvalue weighted by Crippen LogP contribution is -1.90. The van der Waals surface area contributed by atoms with E-state index in [0.29, 0.717) is 16.5 Å². The van der Waals surface area contributed by atoms with Gasteiger partial charge in [-0.25, -0.2) is 0 Å². The zero-order valence-corrected chi connectivity index (χ0v) is 12.9. The molecule has 0 spiro atoms. The van der Waals surface area contributed by atoms with Gasteiger partial charge in [-0.3, -0.25) is 10.1 Å². The zero-order chi connectivity index (χ0) is 15.6. The lowest BCUT2D eigenvalue weighted by atomic mass is 10.0. The summed E-state index contributed by atoms with van der Waals surface area (Å²) in [7, 11) is 0. The molecule has 1 atom stereocenters. The Morgan fingerprint density at radius 3 is 2.33 bits per heavy atom. The molecule has 1 aromatic carbocycles. The number of rotatable bonds is 5. The van der Waals surface area contributed by atoms with E-state index in [4.69, 9.17) is 4.74 Å². The number of nitrogens with zero attached hydrogens (tertiary/aromatic N) is 1. The van der Waals surface area contributed by atoms with Gasteiger partial charge in [0.05, 0.1) is 11.0 Å². The predicted molar refractivity (Wildman–Crippen MR) is 82.2 cm³/mol. The summed E-state index contributed by atoms with van der Waals surface area (Å²) in [6.45, 7) is 5.75. The first-order chi connectivity index (χ1) is 9.88. The van der Waals surface area contributed by atoms with Gasteiger partial charge in [0.15, 0.2) is 0 Å². The molecule has 0 radical (unpaired) electrons. The van der Waals surface area contributed by atoms with Crippen LogP contribution < -0.4 is 4.74 Å². The molecular formula is C15H17NO4S. The summed E-state index contributed by atoms with van der Waals surface area (Å²) in [6, 6.07) is 8.82. The van der Waals surface area contributed by atoms with Crippen LogP contribution in [-0.2, 0) is 0 Å². The molecule has 6 heteroatoms. The van der Waals surface area contributed by atoms with E-state index in [2.05, 4.69) is 13.8 Å². The third kappa shape index (κ3) is 3.59. The molecule has 1 aromatic heterocycles. The minimum Gasteiger partial charge on any atom is -0.440 e. The van der Waals surface area contributed by atoms with Crippen molar-refractivity contribution in [3.05, 3.63) is 50.9 Å². The van der Waals surface area contributed by atoms with Crippen molar-refractivity contribution < 1.29 is 14.8 Å². The van der Waals surface area contributed by atoms with Crippen LogP contribution in [0.2, 0.25) is 0 Å². The highest BCUT2D eigenvalue weighted by Gasteiger charge is 2.23. The smallest absolute Gasteiger partial charge is 0.323 e. The first-order valence-corrected chi connectivity index (χ1v) is 7.44. The Bertz CT molecular complexity index is 632. The molecule has 0 amide bonds. The fourth-order valence-electron chi connectivity index (χ4n) is 1.82. The lowest BCUT2D eigenvalue weighted by Gasteiger charge is -2.07. The van der Waals surface area contributed by atoms with Crippen molar-refractivity contribution in [1.82, 2.24) is 0 Å². The van der Waals surface area contributed by atoms with Crippen LogP contribution >= 0.6 is 11.3 Å². The second kappa shape index (κ2) is 6.24. The van der Waals surface area contributed by atoms with Crippen LogP contribution in [0.3, 0.4) is 0 Å². The normalized spacial score (nSPS) is 12.4. The maximum absolute atomic E-state index is 11.0. The molecular weight excluding hydrogens is 290 g/mol. The summed E-state index contributed by atoms with van der Waals surface area (Å²) in [5.41, 5.74) is 1.05. The highest BCUT2D eigenvalue weighted by molar-refractivity contribution is 7.14. The third-order valence-electron chi connectivity index (χ3n) is 3.06. The number of nitro groups is 1. The molecule has 0 aliphatic heterocycles. The molecule has 0 saturated carbocycles. The predicted octanol–water partition coefficient (Wildman–Crippen LogP) is 4.63. The highest BCUT2D eigenvalue weighted by atomic mass is 32.1. The van der Waals surface area contributed by atoms with Gasteiger partial charge in [0.1, 0.15) is 5.75 Å². The molecule has 2 rings (SSSR count). The van der Waals surface area contributed by atoms with Crippen LogP contribution in [-0.4, -0.2) is 10.0 Å². The molecule has 0 saturated heterocycles. The number of benzene rings is 1. The summed E-state index contributed by atoms with van der Waals surface area (Å²) in [6.07, 6.45) is -0.755. The fourth-order valence-corrected chi connectivity index (χ4v) is 2.75. The van der Waals surface area contributed by atoms with Gasteiger partial charge < -0.3 is 9.84 Å². The van der Waals surface area contributed by atoms with Crippen molar-refractivity contribution in [2.24, 2.45) is 0 Å². The van der Waals surface area contributed by atoms with Crippen LogP contribution in [0, 0.1) is 10.1 Å². The van der Waals surface area contributed by atoms with Crippen molar-refractivity contribution in [1.29, 1.82) is 0 Å². The van der Waals surface area contributed by atoms with Crippen LogP contribution in [0.5, 0.6) is 10.8 Å². The summed E-state index contributed by atoms with van der Waals surface area (Å²) >= 11 is 1.09. The molecule has 0 aliphatic carbocycles. The average molecular weight is 307 g/mol. The lowest BCUT2D eigenvalue weighted by molar-refractivity contribution is -0.385. The van der Waals surface area contributed by atoms with Crippen LogP contribution in [0.15, 0.2) is 30.3 Å². The summed E-state index contributed by atoms with van der Waals surface area (Å²) < 4.78 is 5.60. The Hall–Kier alpha value is -1.92. The quantitative estimate of drug-likeness (QED) is 0.646. The molecule has 1 unspecified atom stereocenters. The van der Waals surface area contributed by atoms with Gasteiger partial charge >= 0.3 is 5.69 Å². The Morgan fingerprint density at radius 1 is 1.24 bits per heavy atom. The van der Waals surface area contributed by atoms with E-state index >= 15 is 0 Å². The number of aliphatic hydroxyl groups is 1. The molecule has 0 aliphatic rings. The van der Waals surface area contributed by atoms with Crippen LogP contribution in [0.4, 0.5) is 5.69 Å². The first-order valence-electron chi connectivity index (χ1n) is 6.62. The molecule has 21 heavy (non-hydrogen) atoms. The Labute approximate surface area is 127 Å². The van der Waals surface area contributed by atoms with Crippen LogP contribution in [0.1, 0.15) is 43.2 Å². The van der Waals surface area contributed by atoms with Gasteiger partial charge in [0.2, 0.25) is 0 Å². The van der Waals surface area contributed by atoms with E-state index in [1.807, 2.05) is 12.1 Å². The Kier molecular flexibility index (Phi) is 4.59. The summed E-state index contributed by atoms with van der Waals surface area (Å²) in [5.74, 6) is 0.957. The zero-order valence-electron chi connectivity index (χ0n) is 12.1. The van der Waals surface area contributed by atoms with Gasteiger partial charge in [-0.1, -0.05) is 37.3 Å². The van der Waals surface area contributed by atoms with Gasteiger partial charge in [0, 0.05) is 10.9 Å². The topological polar surface area (TPSA) is 72.6 Å². The van der Waals surface area contributed by atoms with E-state index in [9.17, 15) is 15.2 Å². The minimum atomic E-state index is -0.755. The largest absolute Gasteiger partial charge is 0.440 e. The van der Waals surface area contributed by atoms with Gasteiger partial charge in [-0.05, 0) is 30.5 Å². The van der Waals surface area contributed by atoms with E-state index in [-0.39, 0.29) is 10.8 Å². The summed E-state index contributed by atoms with van der Waals surface area (Å²) in [5, 5.41) is 20.8. The van der Waals surface area contributed by atoms with Crippen molar-refractivity contribution in [2.75, 3.05) is 0 Å². The molecule has 1 heterocycles. The second-order valence-electron chi connectivity index (χ2n) is 5.08. The molecule has 0 bridgehead atoms. The SMILES string of the molecule is CC(C)c1ccc(Oc2sc(C(C)O)cc2[N+](=O)[O-])cc1. The molecule has 112 valence electrons. The standard InChI is InChI=1S/C15H17NO4S/c1-9(2)11-4-6-12(7-5-11)20-15-13(16(18)19)8-14(21-15)10(3)17/h4-10,17H,1-3H3. The summed E-state index contributed by atoms with van der Waals surface area (Å²) in [4.78, 5) is 11.1. The number of aliphatic hydroxyl groups excluding tert-OH is 1. The van der Waals surface area contributed by atoms with Crippen molar-refractivity contribution in [2.45, 2.75) is 32.8 Å². The van der Waals surface area contributed by atoms with Crippen molar-refractivity contribution >= 4 is 17.0 Å². The number of ether oxygens (including phenoxy) is 1. The number of hydrogen-bond donors (Lipinski definition) is 1.